The molecule has 0 bridgehead atoms. The summed E-state index contributed by atoms with van der Waals surface area (Å²) in [6.45, 7) is 2.91. The Morgan fingerprint density at radius 3 is 2.17 bits per heavy atom. The molecular formula is C17H15N3O3. The van der Waals surface area contributed by atoms with Gasteiger partial charge in [-0.25, -0.2) is 4.98 Å². The first-order chi connectivity index (χ1) is 11.0. The molecule has 2 amide bonds. The largest absolute Gasteiger partial charge is 0.436 e. The zero-order valence-corrected chi connectivity index (χ0v) is 12.7. The molecule has 23 heavy (non-hydrogen) atoms. The molecule has 2 N–H and O–H groups in total. The molecular weight excluding hydrogens is 294 g/mol. The number of hydrogen-bond donors (Lipinski definition) is 2. The number of oxazole rings is 1. The summed E-state index contributed by atoms with van der Waals surface area (Å²) in [5, 5.41) is 5.42. The van der Waals surface area contributed by atoms with Crippen molar-refractivity contribution in [1.82, 2.24) is 4.98 Å². The van der Waals surface area contributed by atoms with E-state index >= 15 is 0 Å². The van der Waals surface area contributed by atoms with E-state index < -0.39 is 0 Å². The zero-order valence-electron chi connectivity index (χ0n) is 12.7. The summed E-state index contributed by atoms with van der Waals surface area (Å²) in [5.74, 6) is 0.223. The lowest BCUT2D eigenvalue weighted by atomic mass is 10.2. The summed E-state index contributed by atoms with van der Waals surface area (Å²) in [7, 11) is 0. The van der Waals surface area contributed by atoms with Gasteiger partial charge in [0.2, 0.25) is 17.7 Å². The summed E-state index contributed by atoms with van der Waals surface area (Å²) in [4.78, 5) is 26.6. The van der Waals surface area contributed by atoms with E-state index in [1.54, 1.807) is 30.3 Å². The van der Waals surface area contributed by atoms with Crippen LogP contribution in [-0.2, 0) is 9.59 Å². The van der Waals surface area contributed by atoms with Gasteiger partial charge in [0.25, 0.3) is 0 Å². The molecule has 0 radical (unpaired) electrons. The van der Waals surface area contributed by atoms with Gasteiger partial charge in [-0.3, -0.25) is 9.59 Å². The van der Waals surface area contributed by atoms with E-state index in [0.29, 0.717) is 28.4 Å². The number of carbonyl (C=O) groups is 2. The second-order valence-electron chi connectivity index (χ2n) is 5.14. The van der Waals surface area contributed by atoms with Crippen molar-refractivity contribution in [1.29, 1.82) is 0 Å². The van der Waals surface area contributed by atoms with Crippen molar-refractivity contribution in [3.8, 4) is 11.5 Å². The van der Waals surface area contributed by atoms with E-state index in [-0.39, 0.29) is 11.8 Å². The van der Waals surface area contributed by atoms with Crippen molar-refractivity contribution in [3.05, 3.63) is 42.5 Å². The van der Waals surface area contributed by atoms with Crippen LogP contribution in [0.2, 0.25) is 0 Å². The fourth-order valence-electron chi connectivity index (χ4n) is 2.23. The molecule has 0 atom stereocenters. The SMILES string of the molecule is CC(=O)Nc1ccc(-c2nc3cc(NC(C)=O)ccc3o2)cc1. The first-order valence-corrected chi connectivity index (χ1v) is 7.07. The Labute approximate surface area is 132 Å². The van der Waals surface area contributed by atoms with Gasteiger partial charge in [0.05, 0.1) is 0 Å². The Morgan fingerprint density at radius 1 is 0.913 bits per heavy atom. The lowest BCUT2D eigenvalue weighted by molar-refractivity contribution is -0.115. The van der Waals surface area contributed by atoms with Gasteiger partial charge in [-0.15, -0.1) is 0 Å². The highest BCUT2D eigenvalue weighted by Gasteiger charge is 2.09. The number of hydrogen-bond acceptors (Lipinski definition) is 4. The third-order valence-corrected chi connectivity index (χ3v) is 3.16. The minimum Gasteiger partial charge on any atom is -0.436 e. The van der Waals surface area contributed by atoms with Crippen LogP contribution in [0.25, 0.3) is 22.6 Å². The van der Waals surface area contributed by atoms with Gasteiger partial charge in [-0.05, 0) is 42.5 Å². The summed E-state index contributed by atoms with van der Waals surface area (Å²) in [6.07, 6.45) is 0. The third-order valence-electron chi connectivity index (χ3n) is 3.16. The van der Waals surface area contributed by atoms with Crippen LogP contribution in [0.1, 0.15) is 13.8 Å². The maximum Gasteiger partial charge on any atom is 0.227 e. The average Bonchev–Trinajstić information content (AvgIpc) is 2.90. The lowest BCUT2D eigenvalue weighted by Gasteiger charge is -2.01. The van der Waals surface area contributed by atoms with E-state index in [0.717, 1.165) is 5.56 Å². The first-order valence-electron chi connectivity index (χ1n) is 7.07. The molecule has 3 aromatic rings. The molecule has 0 saturated carbocycles. The predicted octanol–water partition coefficient (Wildman–Crippen LogP) is 3.41. The van der Waals surface area contributed by atoms with Crippen molar-refractivity contribution in [3.63, 3.8) is 0 Å². The maximum atomic E-state index is 11.1. The van der Waals surface area contributed by atoms with E-state index in [1.165, 1.54) is 13.8 Å². The van der Waals surface area contributed by atoms with Gasteiger partial charge in [-0.1, -0.05) is 0 Å². The molecule has 0 saturated heterocycles. The molecule has 1 aromatic heterocycles. The van der Waals surface area contributed by atoms with Crippen molar-refractivity contribution in [2.75, 3.05) is 10.6 Å². The molecule has 116 valence electrons. The standard InChI is InChI=1S/C17H15N3O3/c1-10(21)18-13-5-3-12(4-6-13)17-20-15-9-14(19-11(2)22)7-8-16(15)23-17/h3-9H,1-2H3,(H,18,21)(H,19,22). The minimum absolute atomic E-state index is 0.120. The highest BCUT2D eigenvalue weighted by molar-refractivity contribution is 5.91. The fraction of sp³-hybridized carbons (Fsp3) is 0.118. The van der Waals surface area contributed by atoms with Gasteiger partial charge in [0.15, 0.2) is 5.58 Å². The Kier molecular flexibility index (Phi) is 3.80. The van der Waals surface area contributed by atoms with Gasteiger partial charge >= 0.3 is 0 Å². The van der Waals surface area contributed by atoms with Crippen LogP contribution in [-0.4, -0.2) is 16.8 Å². The number of nitrogens with zero attached hydrogens (tertiary/aromatic N) is 1. The summed E-state index contributed by atoms with van der Waals surface area (Å²) < 4.78 is 5.72. The second-order valence-corrected chi connectivity index (χ2v) is 5.14. The average molecular weight is 309 g/mol. The van der Waals surface area contributed by atoms with Crippen LogP contribution in [0, 0.1) is 0 Å². The molecule has 6 heteroatoms. The summed E-state index contributed by atoms with van der Waals surface area (Å²) >= 11 is 0. The fourth-order valence-corrected chi connectivity index (χ4v) is 2.23. The second kappa shape index (κ2) is 5.92. The van der Waals surface area contributed by atoms with E-state index in [1.807, 2.05) is 12.1 Å². The molecule has 1 heterocycles. The van der Waals surface area contributed by atoms with Crippen molar-refractivity contribution >= 4 is 34.3 Å². The molecule has 6 nitrogen and oxygen atoms in total. The van der Waals surface area contributed by atoms with Gasteiger partial charge < -0.3 is 15.1 Å². The van der Waals surface area contributed by atoms with E-state index in [4.69, 9.17) is 4.42 Å². The first kappa shape index (κ1) is 14.8. The van der Waals surface area contributed by atoms with Crippen LogP contribution in [0.5, 0.6) is 0 Å². The Morgan fingerprint density at radius 2 is 1.52 bits per heavy atom. The number of benzene rings is 2. The monoisotopic (exact) mass is 309 g/mol. The van der Waals surface area contributed by atoms with Crippen molar-refractivity contribution < 1.29 is 14.0 Å². The van der Waals surface area contributed by atoms with Crippen molar-refractivity contribution in [2.45, 2.75) is 13.8 Å². The number of aromatic nitrogens is 1. The molecule has 3 rings (SSSR count). The van der Waals surface area contributed by atoms with Crippen LogP contribution in [0.15, 0.2) is 46.9 Å². The molecule has 0 aliphatic heterocycles. The maximum absolute atomic E-state index is 11.1. The van der Waals surface area contributed by atoms with Crippen LogP contribution >= 0.6 is 0 Å². The number of carbonyl (C=O) groups excluding carboxylic acids is 2. The topological polar surface area (TPSA) is 84.2 Å². The molecule has 0 spiro atoms. The van der Waals surface area contributed by atoms with Crippen LogP contribution < -0.4 is 10.6 Å². The Hall–Kier alpha value is -3.15. The van der Waals surface area contributed by atoms with Gasteiger partial charge in [-0.2, -0.15) is 0 Å². The number of rotatable bonds is 3. The number of nitrogens with one attached hydrogen (secondary N) is 2. The van der Waals surface area contributed by atoms with E-state index in [9.17, 15) is 9.59 Å². The lowest BCUT2D eigenvalue weighted by Crippen LogP contribution is -2.05. The molecule has 2 aromatic carbocycles. The van der Waals surface area contributed by atoms with Gasteiger partial charge in [0, 0.05) is 30.8 Å². The molecule has 0 aliphatic carbocycles. The number of amides is 2. The zero-order chi connectivity index (χ0) is 16.4. The quantitative estimate of drug-likeness (QED) is 0.776. The Balaban J connectivity index is 1.90. The number of anilines is 2. The third kappa shape index (κ3) is 3.37. The minimum atomic E-state index is -0.137. The van der Waals surface area contributed by atoms with Crippen molar-refractivity contribution in [2.24, 2.45) is 0 Å². The highest BCUT2D eigenvalue weighted by atomic mass is 16.3. The smallest absolute Gasteiger partial charge is 0.227 e. The summed E-state index contributed by atoms with van der Waals surface area (Å²) in [5.41, 5.74) is 3.49. The molecule has 0 fully saturated rings. The summed E-state index contributed by atoms with van der Waals surface area (Å²) in [6, 6.07) is 12.5. The van der Waals surface area contributed by atoms with Crippen LogP contribution in [0.4, 0.5) is 11.4 Å². The Bertz CT molecular complexity index is 882. The molecule has 0 unspecified atom stereocenters. The molecule has 0 aliphatic rings. The van der Waals surface area contributed by atoms with E-state index in [2.05, 4.69) is 15.6 Å². The van der Waals surface area contributed by atoms with Crippen LogP contribution in [0.3, 0.4) is 0 Å². The van der Waals surface area contributed by atoms with Gasteiger partial charge in [0.1, 0.15) is 5.52 Å². The highest BCUT2D eigenvalue weighted by Crippen LogP contribution is 2.27. The normalized spacial score (nSPS) is 10.5. The number of fused-ring (bicyclic) bond motifs is 1. The predicted molar refractivity (Wildman–Crippen MR) is 88.1 cm³/mol.